The van der Waals surface area contributed by atoms with E-state index in [1.807, 2.05) is 0 Å². The van der Waals surface area contributed by atoms with E-state index in [-0.39, 0.29) is 16.1 Å². The third-order valence-corrected chi connectivity index (χ3v) is 3.12. The highest BCUT2D eigenvalue weighted by molar-refractivity contribution is 6.31. The molecule has 7 heteroatoms. The van der Waals surface area contributed by atoms with Crippen LogP contribution in [-0.4, -0.2) is 4.98 Å². The fraction of sp³-hybridized carbons (Fsp3) is 0.154. The Labute approximate surface area is 117 Å². The van der Waals surface area contributed by atoms with Gasteiger partial charge in [0.05, 0.1) is 11.6 Å². The Bertz CT molecular complexity index is 628. The van der Waals surface area contributed by atoms with Crippen molar-refractivity contribution in [2.45, 2.75) is 12.2 Å². The summed E-state index contributed by atoms with van der Waals surface area (Å²) in [5.74, 6) is -0.590. The molecule has 1 unspecified atom stereocenters. The predicted molar refractivity (Wildman–Crippen MR) is 66.7 cm³/mol. The fourth-order valence-corrected chi connectivity index (χ4v) is 2.12. The molecule has 106 valence electrons. The summed E-state index contributed by atoms with van der Waals surface area (Å²) in [6.45, 7) is 0. The van der Waals surface area contributed by atoms with Gasteiger partial charge in [-0.1, -0.05) is 17.7 Å². The summed E-state index contributed by atoms with van der Waals surface area (Å²) in [6, 6.07) is 3.04. The van der Waals surface area contributed by atoms with Gasteiger partial charge in [-0.25, -0.2) is 4.39 Å². The largest absolute Gasteiger partial charge is 0.416 e. The lowest BCUT2D eigenvalue weighted by Gasteiger charge is -2.19. The molecule has 1 aromatic carbocycles. The summed E-state index contributed by atoms with van der Waals surface area (Å²) in [5, 5.41) is -0.0329. The monoisotopic (exact) mass is 304 g/mol. The smallest absolute Gasteiger partial charge is 0.320 e. The van der Waals surface area contributed by atoms with Gasteiger partial charge in [-0.2, -0.15) is 13.2 Å². The van der Waals surface area contributed by atoms with Crippen LogP contribution in [-0.2, 0) is 6.18 Å². The van der Waals surface area contributed by atoms with Crippen LogP contribution >= 0.6 is 11.6 Å². The second kappa shape index (κ2) is 5.38. The fourth-order valence-electron chi connectivity index (χ4n) is 1.83. The number of nitrogens with two attached hydrogens (primary N) is 1. The van der Waals surface area contributed by atoms with Crippen molar-refractivity contribution in [3.63, 3.8) is 0 Å². The minimum absolute atomic E-state index is 0.0329. The van der Waals surface area contributed by atoms with Gasteiger partial charge in [-0.3, -0.25) is 4.98 Å². The van der Waals surface area contributed by atoms with Crippen LogP contribution in [0, 0.1) is 5.82 Å². The molecule has 2 rings (SSSR count). The van der Waals surface area contributed by atoms with Gasteiger partial charge in [0.25, 0.3) is 0 Å². The molecule has 0 radical (unpaired) electrons. The number of benzene rings is 1. The number of pyridine rings is 1. The first-order valence-corrected chi connectivity index (χ1v) is 5.90. The first-order valence-electron chi connectivity index (χ1n) is 5.52. The highest BCUT2D eigenvalue weighted by Gasteiger charge is 2.35. The van der Waals surface area contributed by atoms with Crippen molar-refractivity contribution in [3.8, 4) is 0 Å². The first kappa shape index (κ1) is 14.7. The maximum absolute atomic E-state index is 13.0. The molecule has 0 aliphatic rings. The van der Waals surface area contributed by atoms with Crippen molar-refractivity contribution in [3.05, 3.63) is 64.2 Å². The normalized spacial score (nSPS) is 13.3. The molecule has 0 saturated carbocycles. The minimum Gasteiger partial charge on any atom is -0.320 e. The molecule has 0 fully saturated rings. The van der Waals surface area contributed by atoms with Crippen LogP contribution < -0.4 is 5.73 Å². The number of rotatable bonds is 2. The zero-order chi connectivity index (χ0) is 14.9. The number of hydrogen-bond acceptors (Lipinski definition) is 2. The van der Waals surface area contributed by atoms with E-state index < -0.39 is 23.6 Å². The van der Waals surface area contributed by atoms with Crippen LogP contribution in [0.2, 0.25) is 5.02 Å². The summed E-state index contributed by atoms with van der Waals surface area (Å²) < 4.78 is 51.7. The zero-order valence-corrected chi connectivity index (χ0v) is 10.7. The molecule has 2 aromatic rings. The molecule has 1 aromatic heterocycles. The number of hydrogen-bond donors (Lipinski definition) is 1. The Kier molecular flexibility index (Phi) is 3.96. The van der Waals surface area contributed by atoms with Gasteiger partial charge >= 0.3 is 6.18 Å². The van der Waals surface area contributed by atoms with Gasteiger partial charge in [0.1, 0.15) is 5.82 Å². The van der Waals surface area contributed by atoms with E-state index >= 15 is 0 Å². The Balaban J connectivity index is 2.51. The molecule has 20 heavy (non-hydrogen) atoms. The van der Waals surface area contributed by atoms with Crippen LogP contribution in [0.1, 0.15) is 22.7 Å². The third-order valence-electron chi connectivity index (χ3n) is 2.79. The minimum atomic E-state index is -4.55. The molecular formula is C13H9ClF4N2. The maximum atomic E-state index is 13.0. The number of aromatic nitrogens is 1. The average molecular weight is 305 g/mol. The predicted octanol–water partition coefficient (Wildman–Crippen LogP) is 3.94. The van der Waals surface area contributed by atoms with Crippen LogP contribution in [0.4, 0.5) is 17.6 Å². The number of alkyl halides is 3. The molecule has 2 nitrogen and oxygen atoms in total. The van der Waals surface area contributed by atoms with Crippen molar-refractivity contribution in [1.29, 1.82) is 0 Å². The van der Waals surface area contributed by atoms with Crippen LogP contribution in [0.15, 0.2) is 36.7 Å². The summed E-state index contributed by atoms with van der Waals surface area (Å²) in [7, 11) is 0. The molecule has 2 N–H and O–H groups in total. The van der Waals surface area contributed by atoms with E-state index in [0.29, 0.717) is 0 Å². The molecule has 0 amide bonds. The van der Waals surface area contributed by atoms with Gasteiger partial charge in [-0.05, 0) is 23.8 Å². The molecule has 0 bridgehead atoms. The second-order valence-electron chi connectivity index (χ2n) is 4.10. The van der Waals surface area contributed by atoms with Crippen LogP contribution in [0.3, 0.4) is 0 Å². The Morgan fingerprint density at radius 1 is 1.15 bits per heavy atom. The maximum Gasteiger partial charge on any atom is 0.416 e. The Morgan fingerprint density at radius 3 is 2.45 bits per heavy atom. The molecule has 1 atom stereocenters. The van der Waals surface area contributed by atoms with Gasteiger partial charge in [0.2, 0.25) is 0 Å². The van der Waals surface area contributed by atoms with E-state index in [1.54, 1.807) is 0 Å². The van der Waals surface area contributed by atoms with Gasteiger partial charge < -0.3 is 5.73 Å². The van der Waals surface area contributed by atoms with E-state index in [9.17, 15) is 17.6 Å². The summed E-state index contributed by atoms with van der Waals surface area (Å²) >= 11 is 5.82. The summed E-state index contributed by atoms with van der Waals surface area (Å²) in [5.41, 5.74) is 4.92. The third kappa shape index (κ3) is 2.91. The standard InChI is InChI=1S/C13H9ClF4N2/c14-11-5-7(15)1-2-8(11)12(19)9-6-20-4-3-10(9)13(16,17)18/h1-6,12H,19H2. The topological polar surface area (TPSA) is 38.9 Å². The SMILES string of the molecule is NC(c1ccc(F)cc1Cl)c1cnccc1C(F)(F)F. The van der Waals surface area contributed by atoms with Gasteiger partial charge in [-0.15, -0.1) is 0 Å². The van der Waals surface area contributed by atoms with Crippen molar-refractivity contribution < 1.29 is 17.6 Å². The summed E-state index contributed by atoms with van der Waals surface area (Å²) in [4.78, 5) is 3.66. The molecule has 1 heterocycles. The van der Waals surface area contributed by atoms with Gasteiger partial charge in [0.15, 0.2) is 0 Å². The molecule has 0 aliphatic heterocycles. The van der Waals surface area contributed by atoms with Crippen LogP contribution in [0.5, 0.6) is 0 Å². The number of halogens is 5. The van der Waals surface area contributed by atoms with Crippen molar-refractivity contribution in [2.24, 2.45) is 5.73 Å². The molecule has 0 aliphatic carbocycles. The lowest BCUT2D eigenvalue weighted by atomic mass is 9.96. The quantitative estimate of drug-likeness (QED) is 0.854. The second-order valence-corrected chi connectivity index (χ2v) is 4.51. The molecule has 0 spiro atoms. The Hall–Kier alpha value is -1.66. The van der Waals surface area contributed by atoms with E-state index in [0.717, 1.165) is 30.6 Å². The lowest BCUT2D eigenvalue weighted by Crippen LogP contribution is -2.19. The zero-order valence-electron chi connectivity index (χ0n) is 9.96. The first-order chi connectivity index (χ1) is 9.30. The lowest BCUT2D eigenvalue weighted by molar-refractivity contribution is -0.138. The van der Waals surface area contributed by atoms with Crippen molar-refractivity contribution in [2.75, 3.05) is 0 Å². The van der Waals surface area contributed by atoms with Crippen molar-refractivity contribution >= 4 is 11.6 Å². The highest BCUT2D eigenvalue weighted by atomic mass is 35.5. The Morgan fingerprint density at radius 2 is 1.85 bits per heavy atom. The number of nitrogens with zero attached hydrogens (tertiary/aromatic N) is 1. The van der Waals surface area contributed by atoms with Crippen molar-refractivity contribution in [1.82, 2.24) is 4.98 Å². The molecular weight excluding hydrogens is 296 g/mol. The van der Waals surface area contributed by atoms with Gasteiger partial charge in [0, 0.05) is 23.0 Å². The highest BCUT2D eigenvalue weighted by Crippen LogP contribution is 2.36. The van der Waals surface area contributed by atoms with E-state index in [2.05, 4.69) is 4.98 Å². The van der Waals surface area contributed by atoms with E-state index in [4.69, 9.17) is 17.3 Å². The van der Waals surface area contributed by atoms with Crippen LogP contribution in [0.25, 0.3) is 0 Å². The molecule has 0 saturated heterocycles. The van der Waals surface area contributed by atoms with E-state index in [1.165, 1.54) is 6.07 Å². The average Bonchev–Trinajstić information content (AvgIpc) is 2.37. The summed E-state index contributed by atoms with van der Waals surface area (Å²) in [6.07, 6.45) is -2.49.